The lowest BCUT2D eigenvalue weighted by atomic mass is 10.1. The Morgan fingerprint density at radius 1 is 1.48 bits per heavy atom. The third kappa shape index (κ3) is 3.38. The summed E-state index contributed by atoms with van der Waals surface area (Å²) >= 11 is 1.46. The first-order valence-corrected chi connectivity index (χ1v) is 7.86. The first kappa shape index (κ1) is 15.8. The van der Waals surface area contributed by atoms with Gasteiger partial charge in [-0.25, -0.2) is 9.89 Å². The first-order chi connectivity index (χ1) is 9.93. The van der Waals surface area contributed by atoms with E-state index in [1.807, 2.05) is 32.5 Å². The predicted octanol–water partition coefficient (Wildman–Crippen LogP) is 1.06. The molecule has 1 atom stereocenters. The second kappa shape index (κ2) is 6.48. The lowest BCUT2D eigenvalue weighted by molar-refractivity contribution is 0.601. The summed E-state index contributed by atoms with van der Waals surface area (Å²) in [6.45, 7) is 6.63. The number of hydrogen-bond acceptors (Lipinski definition) is 5. The Bertz CT molecular complexity index is 669. The van der Waals surface area contributed by atoms with Gasteiger partial charge >= 0.3 is 5.69 Å². The Morgan fingerprint density at radius 3 is 2.81 bits per heavy atom. The molecule has 3 N–H and O–H groups in total. The smallest absolute Gasteiger partial charge is 0.328 e. The van der Waals surface area contributed by atoms with E-state index in [0.717, 1.165) is 29.1 Å². The highest BCUT2D eigenvalue weighted by Gasteiger charge is 2.19. The van der Waals surface area contributed by atoms with Crippen LogP contribution in [0, 0.1) is 6.92 Å². The molecule has 0 saturated carbocycles. The van der Waals surface area contributed by atoms with Crippen molar-refractivity contribution in [1.82, 2.24) is 24.5 Å². The molecule has 0 aliphatic rings. The zero-order chi connectivity index (χ0) is 15.6. The molecular formula is C13H22N6OS. The summed E-state index contributed by atoms with van der Waals surface area (Å²) in [7, 11) is 1.90. The molecule has 2 heterocycles. The molecule has 2 rings (SSSR count). The van der Waals surface area contributed by atoms with E-state index in [9.17, 15) is 4.79 Å². The number of H-pyrrole nitrogens is 1. The van der Waals surface area contributed by atoms with Crippen LogP contribution in [-0.4, -0.2) is 30.6 Å². The van der Waals surface area contributed by atoms with Gasteiger partial charge in [-0.2, -0.15) is 5.10 Å². The summed E-state index contributed by atoms with van der Waals surface area (Å²) in [5, 5.41) is 12.7. The molecule has 0 amide bonds. The van der Waals surface area contributed by atoms with E-state index in [-0.39, 0.29) is 11.7 Å². The van der Waals surface area contributed by atoms with Crippen molar-refractivity contribution in [3.05, 3.63) is 21.7 Å². The monoisotopic (exact) mass is 310 g/mol. The molecule has 2 aromatic rings. The molecule has 0 fully saturated rings. The zero-order valence-corrected chi connectivity index (χ0v) is 13.7. The number of aryl methyl sites for hydroxylation is 2. The highest BCUT2D eigenvalue weighted by Crippen LogP contribution is 2.30. The molecule has 0 aliphatic heterocycles. The minimum atomic E-state index is -0.174. The van der Waals surface area contributed by atoms with Gasteiger partial charge in [-0.3, -0.25) is 9.25 Å². The molecule has 8 heteroatoms. The number of rotatable bonds is 6. The molecule has 0 spiro atoms. The van der Waals surface area contributed by atoms with E-state index in [1.54, 1.807) is 4.57 Å². The number of aromatic amines is 1. The summed E-state index contributed by atoms with van der Waals surface area (Å²) in [5.41, 5.74) is 7.84. The molecular weight excluding hydrogens is 288 g/mol. The van der Waals surface area contributed by atoms with E-state index >= 15 is 0 Å². The molecule has 0 aromatic carbocycles. The van der Waals surface area contributed by atoms with Gasteiger partial charge in [0.05, 0.1) is 5.69 Å². The summed E-state index contributed by atoms with van der Waals surface area (Å²) in [4.78, 5) is 11.8. The van der Waals surface area contributed by atoms with Crippen molar-refractivity contribution in [2.24, 2.45) is 12.8 Å². The van der Waals surface area contributed by atoms with Gasteiger partial charge in [0.15, 0.2) is 5.16 Å². The summed E-state index contributed by atoms with van der Waals surface area (Å²) < 4.78 is 3.48. The molecule has 7 nitrogen and oxygen atoms in total. The topological polar surface area (TPSA) is 94.5 Å². The van der Waals surface area contributed by atoms with Crippen LogP contribution < -0.4 is 11.4 Å². The van der Waals surface area contributed by atoms with Crippen molar-refractivity contribution in [3.63, 3.8) is 0 Å². The average Bonchev–Trinajstić information content (AvgIpc) is 2.86. The van der Waals surface area contributed by atoms with Gasteiger partial charge in [-0.05, 0) is 38.5 Å². The van der Waals surface area contributed by atoms with Gasteiger partial charge in [0, 0.05) is 25.2 Å². The van der Waals surface area contributed by atoms with Crippen molar-refractivity contribution in [2.45, 2.75) is 56.4 Å². The highest BCUT2D eigenvalue weighted by molar-refractivity contribution is 7.99. The van der Waals surface area contributed by atoms with Gasteiger partial charge in [0.25, 0.3) is 0 Å². The fourth-order valence-corrected chi connectivity index (χ4v) is 3.33. The van der Waals surface area contributed by atoms with Crippen LogP contribution in [-0.2, 0) is 20.0 Å². The molecule has 0 aliphatic carbocycles. The summed E-state index contributed by atoms with van der Waals surface area (Å²) in [6.07, 6.45) is 1.63. The molecule has 21 heavy (non-hydrogen) atoms. The quantitative estimate of drug-likeness (QED) is 0.832. The predicted molar refractivity (Wildman–Crippen MR) is 82.6 cm³/mol. The van der Waals surface area contributed by atoms with Gasteiger partial charge in [0.2, 0.25) is 0 Å². The Balaban J connectivity index is 2.37. The van der Waals surface area contributed by atoms with Crippen LogP contribution in [0.4, 0.5) is 0 Å². The lowest BCUT2D eigenvalue weighted by Crippen LogP contribution is -2.19. The van der Waals surface area contributed by atoms with E-state index in [4.69, 9.17) is 5.73 Å². The molecule has 116 valence electrons. The number of nitrogens with two attached hydrogens (primary N) is 1. The van der Waals surface area contributed by atoms with Crippen LogP contribution in [0.25, 0.3) is 0 Å². The summed E-state index contributed by atoms with van der Waals surface area (Å²) in [5.74, 6) is 0. The Morgan fingerprint density at radius 2 is 2.19 bits per heavy atom. The highest BCUT2D eigenvalue weighted by atomic mass is 32.2. The number of hydrogen-bond donors (Lipinski definition) is 2. The fourth-order valence-electron chi connectivity index (χ4n) is 2.25. The summed E-state index contributed by atoms with van der Waals surface area (Å²) in [6, 6.07) is 0.0595. The lowest BCUT2D eigenvalue weighted by Gasteiger charge is -2.09. The second-order valence-electron chi connectivity index (χ2n) is 5.24. The third-order valence-corrected chi connectivity index (χ3v) is 4.37. The molecule has 0 saturated heterocycles. The maximum absolute atomic E-state index is 11.8. The van der Waals surface area contributed by atoms with Gasteiger partial charge in [0.1, 0.15) is 5.03 Å². The minimum Gasteiger partial charge on any atom is -0.328 e. The van der Waals surface area contributed by atoms with Crippen molar-refractivity contribution in [1.29, 1.82) is 0 Å². The van der Waals surface area contributed by atoms with Crippen LogP contribution in [0.5, 0.6) is 0 Å². The fraction of sp³-hybridized carbons (Fsp3) is 0.615. The van der Waals surface area contributed by atoms with E-state index in [0.29, 0.717) is 11.7 Å². The first-order valence-electron chi connectivity index (χ1n) is 7.05. The SMILES string of the molecule is CCCn1c(Sc2c(CC(C)N)c(C)nn2C)n[nH]c1=O. The minimum absolute atomic E-state index is 0.0595. The van der Waals surface area contributed by atoms with Crippen molar-refractivity contribution in [2.75, 3.05) is 0 Å². The molecule has 1 unspecified atom stereocenters. The Kier molecular flexibility index (Phi) is 4.89. The van der Waals surface area contributed by atoms with Gasteiger partial charge in [-0.1, -0.05) is 6.92 Å². The largest absolute Gasteiger partial charge is 0.343 e. The van der Waals surface area contributed by atoms with Crippen molar-refractivity contribution >= 4 is 11.8 Å². The third-order valence-electron chi connectivity index (χ3n) is 3.17. The Hall–Kier alpha value is -1.54. The zero-order valence-electron chi connectivity index (χ0n) is 12.9. The van der Waals surface area contributed by atoms with E-state index < -0.39 is 0 Å². The number of nitrogens with one attached hydrogen (secondary N) is 1. The van der Waals surface area contributed by atoms with E-state index in [1.165, 1.54) is 11.8 Å². The number of aromatic nitrogens is 5. The van der Waals surface area contributed by atoms with Crippen molar-refractivity contribution < 1.29 is 0 Å². The van der Waals surface area contributed by atoms with Crippen LogP contribution in [0.1, 0.15) is 31.5 Å². The number of nitrogens with zero attached hydrogens (tertiary/aromatic N) is 4. The maximum Gasteiger partial charge on any atom is 0.343 e. The standard InChI is InChI=1S/C13H22N6OS/c1-5-6-19-12(20)15-16-13(19)21-11-10(7-8(2)14)9(3)17-18(11)4/h8H,5-7,14H2,1-4H3,(H,15,20). The van der Waals surface area contributed by atoms with Gasteiger partial charge in [-0.15, -0.1) is 5.10 Å². The molecule has 0 radical (unpaired) electrons. The van der Waals surface area contributed by atoms with Crippen LogP contribution in [0.3, 0.4) is 0 Å². The van der Waals surface area contributed by atoms with Crippen LogP contribution in [0.2, 0.25) is 0 Å². The maximum atomic E-state index is 11.8. The second-order valence-corrected chi connectivity index (χ2v) is 6.20. The van der Waals surface area contributed by atoms with Crippen molar-refractivity contribution in [3.8, 4) is 0 Å². The average molecular weight is 310 g/mol. The van der Waals surface area contributed by atoms with Crippen LogP contribution in [0.15, 0.2) is 15.0 Å². The van der Waals surface area contributed by atoms with E-state index in [2.05, 4.69) is 15.3 Å². The van der Waals surface area contributed by atoms with Crippen LogP contribution >= 0.6 is 11.8 Å². The normalized spacial score (nSPS) is 12.8. The van der Waals surface area contributed by atoms with Gasteiger partial charge < -0.3 is 5.73 Å². The molecule has 0 bridgehead atoms. The molecule has 2 aromatic heterocycles. The Labute approximate surface area is 127 Å².